The van der Waals surface area contributed by atoms with E-state index >= 15 is 0 Å². The Morgan fingerprint density at radius 1 is 1.22 bits per heavy atom. The van der Waals surface area contributed by atoms with E-state index in [0.717, 1.165) is 34.7 Å². The second-order valence-corrected chi connectivity index (χ2v) is 10.2. The number of hydrogen-bond acceptors (Lipinski definition) is 6. The molecule has 1 aliphatic heterocycles. The van der Waals surface area contributed by atoms with Crippen molar-refractivity contribution in [2.24, 2.45) is 18.7 Å². The number of hydrogen-bond donors (Lipinski definition) is 2. The van der Waals surface area contributed by atoms with Crippen molar-refractivity contribution in [3.63, 3.8) is 0 Å². The number of nitrogens with one attached hydrogen (secondary N) is 1. The van der Waals surface area contributed by atoms with E-state index in [1.54, 1.807) is 37.5 Å². The van der Waals surface area contributed by atoms with Crippen LogP contribution < -0.4 is 15.8 Å². The minimum absolute atomic E-state index is 0.172. The predicted molar refractivity (Wildman–Crippen MR) is 139 cm³/mol. The minimum atomic E-state index is -0.556. The molecule has 2 fully saturated rings. The number of benzene rings is 1. The molecule has 1 aliphatic carbocycles. The average molecular weight is 505 g/mol. The third kappa shape index (κ3) is 3.96. The third-order valence-corrected chi connectivity index (χ3v) is 7.70. The van der Waals surface area contributed by atoms with E-state index in [0.29, 0.717) is 42.1 Å². The molecule has 0 unspecified atom stereocenters. The second-order valence-electron chi connectivity index (χ2n) is 10.2. The van der Waals surface area contributed by atoms with E-state index in [1.807, 2.05) is 17.7 Å². The Kier molecular flexibility index (Phi) is 5.71. The number of carbonyl (C=O) groups is 2. The third-order valence-electron chi connectivity index (χ3n) is 7.70. The van der Waals surface area contributed by atoms with Crippen LogP contribution in [0, 0.1) is 5.92 Å². The number of methoxy groups -OCH3 is 1. The van der Waals surface area contributed by atoms with Crippen molar-refractivity contribution in [3.8, 4) is 17.3 Å². The predicted octanol–water partition coefficient (Wildman–Crippen LogP) is 2.88. The average Bonchev–Trinajstić information content (AvgIpc) is 3.35. The van der Waals surface area contributed by atoms with Gasteiger partial charge in [-0.3, -0.25) is 9.59 Å². The van der Waals surface area contributed by atoms with Gasteiger partial charge in [-0.1, -0.05) is 0 Å². The monoisotopic (exact) mass is 504 g/mol. The van der Waals surface area contributed by atoms with Gasteiger partial charge in [-0.05, 0) is 55.9 Å². The van der Waals surface area contributed by atoms with Crippen molar-refractivity contribution >= 4 is 33.9 Å². The first-order valence-corrected chi connectivity index (χ1v) is 12.8. The van der Waals surface area contributed by atoms with Gasteiger partial charge in [0, 0.05) is 44.2 Å². The van der Waals surface area contributed by atoms with Crippen LogP contribution in [0.15, 0.2) is 34.9 Å². The van der Waals surface area contributed by atoms with Crippen molar-refractivity contribution in [2.75, 3.05) is 20.7 Å². The SMILES string of the molecule is CNC(=O)[C@H]1CC[C@@H](N)CN1C(=O)c1cc(OC)c2c(c1)nc(-c1cc3ccoc3n1CC1CC1)n2C. The number of nitrogens with two attached hydrogens (primary N) is 1. The number of ether oxygens (including phenoxy) is 1. The Balaban J connectivity index is 1.44. The quantitative estimate of drug-likeness (QED) is 0.417. The first-order valence-electron chi connectivity index (χ1n) is 12.8. The lowest BCUT2D eigenvalue weighted by Gasteiger charge is -2.37. The van der Waals surface area contributed by atoms with Gasteiger partial charge in [-0.15, -0.1) is 0 Å². The Morgan fingerprint density at radius 2 is 2.03 bits per heavy atom. The molecule has 194 valence electrons. The molecule has 3 aromatic heterocycles. The van der Waals surface area contributed by atoms with E-state index in [9.17, 15) is 9.59 Å². The lowest BCUT2D eigenvalue weighted by molar-refractivity contribution is -0.126. The van der Waals surface area contributed by atoms with E-state index in [-0.39, 0.29) is 17.9 Å². The van der Waals surface area contributed by atoms with Crippen LogP contribution in [0.5, 0.6) is 5.75 Å². The Labute approximate surface area is 214 Å². The number of nitrogens with zero attached hydrogens (tertiary/aromatic N) is 4. The van der Waals surface area contributed by atoms with Crippen LogP contribution >= 0.6 is 0 Å². The number of piperidine rings is 1. The summed E-state index contributed by atoms with van der Waals surface area (Å²) in [4.78, 5) is 32.8. The Bertz CT molecular complexity index is 1510. The van der Waals surface area contributed by atoms with Crippen molar-refractivity contribution in [2.45, 2.75) is 44.3 Å². The van der Waals surface area contributed by atoms with Crippen molar-refractivity contribution in [3.05, 3.63) is 36.1 Å². The molecule has 37 heavy (non-hydrogen) atoms. The number of amides is 2. The summed E-state index contributed by atoms with van der Waals surface area (Å²) in [6, 6.07) is 6.85. The van der Waals surface area contributed by atoms with Gasteiger partial charge in [0.05, 0.1) is 24.6 Å². The lowest BCUT2D eigenvalue weighted by Crippen LogP contribution is -2.56. The molecule has 6 rings (SSSR count). The fraction of sp³-hybridized carbons (Fsp3) is 0.444. The molecule has 10 nitrogen and oxygen atoms in total. The van der Waals surface area contributed by atoms with E-state index in [2.05, 4.69) is 16.0 Å². The number of fused-ring (bicyclic) bond motifs is 2. The summed E-state index contributed by atoms with van der Waals surface area (Å²) in [5.74, 6) is 1.52. The topological polar surface area (TPSA) is 121 Å². The Morgan fingerprint density at radius 3 is 2.76 bits per heavy atom. The maximum Gasteiger partial charge on any atom is 0.254 e. The van der Waals surface area contributed by atoms with Crippen LogP contribution in [0.25, 0.3) is 33.7 Å². The molecule has 0 radical (unpaired) electrons. The van der Waals surface area contributed by atoms with Crippen molar-refractivity contribution < 1.29 is 18.7 Å². The maximum absolute atomic E-state index is 13.7. The molecule has 3 N–H and O–H groups in total. The second kappa shape index (κ2) is 8.95. The van der Waals surface area contributed by atoms with E-state index < -0.39 is 6.04 Å². The van der Waals surface area contributed by atoms with Gasteiger partial charge >= 0.3 is 0 Å². The summed E-state index contributed by atoms with van der Waals surface area (Å²) >= 11 is 0. The van der Waals surface area contributed by atoms with Crippen molar-refractivity contribution in [1.29, 1.82) is 0 Å². The molecular formula is C27H32N6O4. The summed E-state index contributed by atoms with van der Waals surface area (Å²) in [6.45, 7) is 1.20. The molecule has 1 saturated heterocycles. The summed E-state index contributed by atoms with van der Waals surface area (Å²) < 4.78 is 15.8. The summed E-state index contributed by atoms with van der Waals surface area (Å²) in [5, 5.41) is 3.71. The van der Waals surface area contributed by atoms with Crippen LogP contribution in [-0.2, 0) is 18.4 Å². The fourth-order valence-electron chi connectivity index (χ4n) is 5.55. The van der Waals surface area contributed by atoms with Crippen LogP contribution in [0.1, 0.15) is 36.0 Å². The van der Waals surface area contributed by atoms with Gasteiger partial charge in [0.1, 0.15) is 17.3 Å². The normalized spacial score (nSPS) is 20.1. The highest BCUT2D eigenvalue weighted by Crippen LogP contribution is 2.38. The highest BCUT2D eigenvalue weighted by molar-refractivity contribution is 6.02. The van der Waals surface area contributed by atoms with Gasteiger partial charge < -0.3 is 34.2 Å². The zero-order chi connectivity index (χ0) is 25.8. The molecule has 2 atom stereocenters. The highest BCUT2D eigenvalue weighted by Gasteiger charge is 2.35. The molecule has 2 aliphatic rings. The van der Waals surface area contributed by atoms with Crippen LogP contribution in [0.4, 0.5) is 0 Å². The van der Waals surface area contributed by atoms with Gasteiger partial charge in [-0.2, -0.15) is 0 Å². The Hall–Kier alpha value is -3.79. The summed E-state index contributed by atoms with van der Waals surface area (Å²) in [5.41, 5.74) is 9.85. The van der Waals surface area contributed by atoms with Crippen molar-refractivity contribution in [1.82, 2.24) is 24.3 Å². The zero-order valence-corrected chi connectivity index (χ0v) is 21.4. The largest absolute Gasteiger partial charge is 0.494 e. The number of furan rings is 1. The van der Waals surface area contributed by atoms with Gasteiger partial charge in [0.25, 0.3) is 5.91 Å². The number of aryl methyl sites for hydroxylation is 1. The smallest absolute Gasteiger partial charge is 0.254 e. The highest BCUT2D eigenvalue weighted by atomic mass is 16.5. The van der Waals surface area contributed by atoms with Gasteiger partial charge in [-0.25, -0.2) is 4.98 Å². The zero-order valence-electron chi connectivity index (χ0n) is 21.4. The molecule has 1 aromatic carbocycles. The molecule has 0 spiro atoms. The number of likely N-dealkylation sites (tertiary alicyclic amines) is 1. The first kappa shape index (κ1) is 23.6. The fourth-order valence-corrected chi connectivity index (χ4v) is 5.55. The van der Waals surface area contributed by atoms with Gasteiger partial charge in [0.2, 0.25) is 11.6 Å². The standard InChI is InChI=1S/C27H32N6O4/c1-29-25(34)20-7-6-18(28)14-32(20)26(35)17-10-19-23(22(12-17)36-3)31(2)24(30-19)21-11-16-8-9-37-27(16)33(21)13-15-4-5-15/h8-12,15,18,20H,4-7,13-14,28H2,1-3H3,(H,29,34)/t18-,20-/m1/s1. The molecular weight excluding hydrogens is 472 g/mol. The van der Waals surface area contributed by atoms with E-state index in [1.165, 1.54) is 12.8 Å². The lowest BCUT2D eigenvalue weighted by atomic mass is 9.97. The number of imidazole rings is 1. The number of carbonyl (C=O) groups excluding carboxylic acids is 2. The van der Waals surface area contributed by atoms with E-state index in [4.69, 9.17) is 19.9 Å². The molecule has 2 amide bonds. The minimum Gasteiger partial charge on any atom is -0.494 e. The summed E-state index contributed by atoms with van der Waals surface area (Å²) in [7, 11) is 5.12. The molecule has 4 heterocycles. The van der Waals surface area contributed by atoms with Gasteiger partial charge in [0.15, 0.2) is 5.82 Å². The van der Waals surface area contributed by atoms with Crippen LogP contribution in [-0.4, -0.2) is 63.6 Å². The molecule has 10 heteroatoms. The molecule has 4 aromatic rings. The molecule has 0 bridgehead atoms. The van der Waals surface area contributed by atoms with Crippen LogP contribution in [0.2, 0.25) is 0 Å². The van der Waals surface area contributed by atoms with Crippen LogP contribution in [0.3, 0.4) is 0 Å². The number of aromatic nitrogens is 3. The number of rotatable bonds is 6. The summed E-state index contributed by atoms with van der Waals surface area (Å²) in [6.07, 6.45) is 5.38. The number of likely N-dealkylation sites (N-methyl/N-ethyl adjacent to an activating group) is 1. The molecule has 1 saturated carbocycles. The first-order chi connectivity index (χ1) is 17.9. The maximum atomic E-state index is 13.7.